The summed E-state index contributed by atoms with van der Waals surface area (Å²) in [6, 6.07) is 2.31. The lowest BCUT2D eigenvalue weighted by atomic mass is 9.71. The van der Waals surface area contributed by atoms with Crippen LogP contribution in [0.1, 0.15) is 13.8 Å². The van der Waals surface area contributed by atoms with E-state index in [0.717, 1.165) is 32.2 Å². The lowest BCUT2D eigenvalue weighted by molar-refractivity contribution is 0.212. The summed E-state index contributed by atoms with van der Waals surface area (Å²) in [7, 11) is -1.01. The van der Waals surface area contributed by atoms with Gasteiger partial charge in [0.15, 0.2) is 11.6 Å². The molecule has 134 valence electrons. The van der Waals surface area contributed by atoms with Gasteiger partial charge < -0.3 is 15.0 Å². The van der Waals surface area contributed by atoms with E-state index in [1.807, 2.05) is 4.90 Å². The fourth-order valence-corrected chi connectivity index (χ4v) is 4.06. The first kappa shape index (κ1) is 17.6. The molecule has 0 radical (unpaired) electrons. The zero-order valence-electron chi connectivity index (χ0n) is 14.3. The number of hydrogen-bond acceptors (Lipinski definition) is 4. The molecule has 2 aliphatic heterocycles. The lowest BCUT2D eigenvalue weighted by Crippen LogP contribution is -2.34. The standard InChI is InChI=1S/C17H24F2N2O2S/c1-16-8-20-9-17(16,2)11-21(10-16)14-7-15(13(19)6-12(14)18)23-4-5-24(3)22/h6-7,20H,4-5,8-11H2,1-3H3/t16?,17?,24-/m0/s1. The first-order valence-corrected chi connectivity index (χ1v) is 9.84. The van der Waals surface area contributed by atoms with E-state index in [-0.39, 0.29) is 23.2 Å². The smallest absolute Gasteiger partial charge is 0.168 e. The van der Waals surface area contributed by atoms with Crippen LogP contribution in [0, 0.1) is 22.5 Å². The van der Waals surface area contributed by atoms with Crippen LogP contribution in [0.4, 0.5) is 14.5 Å². The minimum Gasteiger partial charge on any atom is -0.489 e. The van der Waals surface area contributed by atoms with Crippen molar-refractivity contribution < 1.29 is 17.7 Å². The van der Waals surface area contributed by atoms with Crippen molar-refractivity contribution in [2.75, 3.05) is 49.7 Å². The third-order valence-electron chi connectivity index (χ3n) is 5.54. The first-order chi connectivity index (χ1) is 11.2. The maximum atomic E-state index is 14.4. The molecule has 1 aromatic rings. The molecule has 24 heavy (non-hydrogen) atoms. The summed E-state index contributed by atoms with van der Waals surface area (Å²) < 4.78 is 44.8. The summed E-state index contributed by atoms with van der Waals surface area (Å²) in [5.74, 6) is -0.962. The average Bonchev–Trinajstić information content (AvgIpc) is 2.88. The van der Waals surface area contributed by atoms with Gasteiger partial charge in [-0.3, -0.25) is 4.21 Å². The van der Waals surface area contributed by atoms with Crippen LogP contribution in [0.15, 0.2) is 12.1 Å². The van der Waals surface area contributed by atoms with Gasteiger partial charge in [-0.05, 0) is 0 Å². The number of hydrogen-bond donors (Lipinski definition) is 1. The van der Waals surface area contributed by atoms with E-state index in [9.17, 15) is 13.0 Å². The van der Waals surface area contributed by atoms with Crippen molar-refractivity contribution in [2.24, 2.45) is 10.8 Å². The van der Waals surface area contributed by atoms with Gasteiger partial charge in [0.2, 0.25) is 0 Å². The molecule has 0 spiro atoms. The monoisotopic (exact) mass is 358 g/mol. The summed E-state index contributed by atoms with van der Waals surface area (Å²) in [5.41, 5.74) is 0.503. The van der Waals surface area contributed by atoms with Gasteiger partial charge in [0.1, 0.15) is 5.82 Å². The number of nitrogens with one attached hydrogen (secondary N) is 1. The van der Waals surface area contributed by atoms with Crippen LogP contribution in [-0.4, -0.2) is 49.0 Å². The van der Waals surface area contributed by atoms with Crippen LogP contribution in [0.5, 0.6) is 5.75 Å². The largest absolute Gasteiger partial charge is 0.489 e. The maximum absolute atomic E-state index is 14.4. The number of halogens is 2. The third kappa shape index (κ3) is 3.04. The van der Waals surface area contributed by atoms with Crippen molar-refractivity contribution >= 4 is 16.5 Å². The number of anilines is 1. The summed E-state index contributed by atoms with van der Waals surface area (Å²) in [5, 5.41) is 3.42. The van der Waals surface area contributed by atoms with Gasteiger partial charge in [0.05, 0.1) is 18.0 Å². The van der Waals surface area contributed by atoms with Crippen LogP contribution in [0.25, 0.3) is 0 Å². The molecule has 1 N–H and O–H groups in total. The molecule has 3 atom stereocenters. The SMILES string of the molecule is C[S@](=O)CCOc1cc(N2CC3(C)CNCC3(C)C2)c(F)cc1F. The summed E-state index contributed by atoms with van der Waals surface area (Å²) in [6.07, 6.45) is 1.56. The highest BCUT2D eigenvalue weighted by atomic mass is 32.2. The quantitative estimate of drug-likeness (QED) is 0.876. The molecule has 2 saturated heterocycles. The Morgan fingerprint density at radius 2 is 1.83 bits per heavy atom. The van der Waals surface area contributed by atoms with E-state index in [0.29, 0.717) is 11.4 Å². The van der Waals surface area contributed by atoms with Crippen molar-refractivity contribution in [3.63, 3.8) is 0 Å². The molecule has 0 aliphatic carbocycles. The molecular weight excluding hydrogens is 334 g/mol. The lowest BCUT2D eigenvalue weighted by Gasteiger charge is -2.30. The number of nitrogens with zero attached hydrogens (tertiary/aromatic N) is 1. The van der Waals surface area contributed by atoms with Gasteiger partial charge >= 0.3 is 0 Å². The fourth-order valence-electron chi connectivity index (χ4n) is 3.74. The Morgan fingerprint density at radius 1 is 1.21 bits per heavy atom. The Bertz CT molecular complexity index is 654. The molecule has 0 aromatic heterocycles. The molecular formula is C17H24F2N2O2S. The molecule has 0 saturated carbocycles. The number of rotatable bonds is 5. The van der Waals surface area contributed by atoms with Gasteiger partial charge in [0, 0.05) is 66.2 Å². The van der Waals surface area contributed by atoms with Crippen LogP contribution < -0.4 is 15.0 Å². The van der Waals surface area contributed by atoms with Gasteiger partial charge in [0.25, 0.3) is 0 Å². The highest BCUT2D eigenvalue weighted by Crippen LogP contribution is 2.50. The Balaban J connectivity index is 1.82. The average molecular weight is 358 g/mol. The molecule has 0 bridgehead atoms. The van der Waals surface area contributed by atoms with E-state index in [4.69, 9.17) is 4.74 Å². The fraction of sp³-hybridized carbons (Fsp3) is 0.647. The van der Waals surface area contributed by atoms with Gasteiger partial charge in [-0.15, -0.1) is 0 Å². The van der Waals surface area contributed by atoms with Crippen LogP contribution in [0.3, 0.4) is 0 Å². The zero-order valence-corrected chi connectivity index (χ0v) is 15.1. The first-order valence-electron chi connectivity index (χ1n) is 8.12. The molecule has 4 nitrogen and oxygen atoms in total. The minimum absolute atomic E-state index is 0.0161. The topological polar surface area (TPSA) is 41.6 Å². The number of fused-ring (bicyclic) bond motifs is 1. The highest BCUT2D eigenvalue weighted by Gasteiger charge is 2.55. The van der Waals surface area contributed by atoms with Crippen molar-refractivity contribution in [2.45, 2.75) is 13.8 Å². The summed E-state index contributed by atoms with van der Waals surface area (Å²) >= 11 is 0. The molecule has 2 aliphatic rings. The molecule has 2 unspecified atom stereocenters. The second-order valence-electron chi connectivity index (χ2n) is 7.44. The summed E-state index contributed by atoms with van der Waals surface area (Å²) in [4.78, 5) is 1.99. The van der Waals surface area contributed by atoms with E-state index in [2.05, 4.69) is 19.2 Å². The predicted molar refractivity (Wildman–Crippen MR) is 92.1 cm³/mol. The van der Waals surface area contributed by atoms with E-state index in [1.54, 1.807) is 6.26 Å². The van der Waals surface area contributed by atoms with Crippen LogP contribution in [0.2, 0.25) is 0 Å². The van der Waals surface area contributed by atoms with Crippen molar-refractivity contribution in [1.29, 1.82) is 0 Å². The zero-order chi connectivity index (χ0) is 17.5. The highest BCUT2D eigenvalue weighted by molar-refractivity contribution is 7.84. The number of ether oxygens (including phenoxy) is 1. The van der Waals surface area contributed by atoms with Crippen molar-refractivity contribution in [3.05, 3.63) is 23.8 Å². The third-order valence-corrected chi connectivity index (χ3v) is 6.28. The van der Waals surface area contributed by atoms with Crippen LogP contribution >= 0.6 is 0 Å². The second kappa shape index (κ2) is 6.26. The predicted octanol–water partition coefficient (Wildman–Crippen LogP) is 2.16. The van der Waals surface area contributed by atoms with Crippen molar-refractivity contribution in [3.8, 4) is 5.75 Å². The van der Waals surface area contributed by atoms with E-state index >= 15 is 0 Å². The van der Waals surface area contributed by atoms with Gasteiger partial charge in [-0.2, -0.15) is 0 Å². The Labute approximate surface area is 144 Å². The Kier molecular flexibility index (Phi) is 4.59. The minimum atomic E-state index is -1.01. The molecule has 0 amide bonds. The van der Waals surface area contributed by atoms with Gasteiger partial charge in [-0.1, -0.05) is 13.8 Å². The molecule has 2 fully saturated rings. The second-order valence-corrected chi connectivity index (χ2v) is 9.00. The van der Waals surface area contributed by atoms with E-state index in [1.165, 1.54) is 6.07 Å². The van der Waals surface area contributed by atoms with Crippen molar-refractivity contribution in [1.82, 2.24) is 5.32 Å². The molecule has 2 heterocycles. The normalized spacial score (nSPS) is 30.5. The number of benzene rings is 1. The van der Waals surface area contributed by atoms with Crippen LogP contribution in [-0.2, 0) is 10.8 Å². The Hall–Kier alpha value is -1.21. The molecule has 1 aromatic carbocycles. The molecule has 7 heteroatoms. The maximum Gasteiger partial charge on any atom is 0.168 e. The Morgan fingerprint density at radius 3 is 2.42 bits per heavy atom. The molecule has 3 rings (SSSR count). The summed E-state index contributed by atoms with van der Waals surface area (Å²) in [6.45, 7) is 7.80. The van der Waals surface area contributed by atoms with E-state index < -0.39 is 22.4 Å². The van der Waals surface area contributed by atoms with Gasteiger partial charge in [-0.25, -0.2) is 8.78 Å².